The zero-order valence-corrected chi connectivity index (χ0v) is 14.8. The quantitative estimate of drug-likeness (QED) is 0.135. The van der Waals surface area contributed by atoms with Crippen molar-refractivity contribution in [1.82, 2.24) is 0 Å². The minimum absolute atomic E-state index is 0.287. The molecule has 0 radical (unpaired) electrons. The molecule has 158 valence electrons. The van der Waals surface area contributed by atoms with Gasteiger partial charge >= 0.3 is 24.7 Å². The van der Waals surface area contributed by atoms with Crippen LogP contribution in [0.5, 0.6) is 11.5 Å². The number of ether oxygens (including phenoxy) is 4. The van der Waals surface area contributed by atoms with E-state index in [-0.39, 0.29) is 12.2 Å². The minimum atomic E-state index is -1.75. The van der Waals surface area contributed by atoms with Gasteiger partial charge in [0.2, 0.25) is 0 Å². The van der Waals surface area contributed by atoms with Gasteiger partial charge in [-0.25, -0.2) is 9.59 Å². The first-order valence-corrected chi connectivity index (χ1v) is 7.70. The number of nitro groups is 1. The van der Waals surface area contributed by atoms with Crippen LogP contribution in [0.1, 0.15) is 31.4 Å². The molecule has 14 nitrogen and oxygen atoms in total. The van der Waals surface area contributed by atoms with Crippen LogP contribution >= 0.6 is 0 Å². The van der Waals surface area contributed by atoms with Gasteiger partial charge in [-0.2, -0.15) is 0 Å². The Bertz CT molecular complexity index is 778. The Morgan fingerprint density at radius 3 is 2.28 bits per heavy atom. The van der Waals surface area contributed by atoms with Gasteiger partial charge in [-0.15, -0.1) is 0 Å². The molecule has 2 atom stereocenters. The maximum Gasteiger partial charge on any atom is 0.517 e. The lowest BCUT2D eigenvalue weighted by Gasteiger charge is -2.04. The number of nitrogens with zero attached hydrogens (tertiary/aromatic N) is 1. The summed E-state index contributed by atoms with van der Waals surface area (Å²) in [7, 11) is 0. The molecule has 0 aromatic heterocycles. The molecule has 0 saturated carbocycles. The summed E-state index contributed by atoms with van der Waals surface area (Å²) < 4.78 is 17.4. The second kappa shape index (κ2) is 10.4. The SMILES string of the molecule is CC(O)c1ccc2c(c1)OC([N+](=O)[O-])O2.N=C(CCC(=O)OC(=O)O)OC(=O)O. The Balaban J connectivity index is 0.000000291. The van der Waals surface area contributed by atoms with Gasteiger partial charge in [0, 0.05) is 6.42 Å². The Kier molecular flexibility index (Phi) is 8.29. The highest BCUT2D eigenvalue weighted by Gasteiger charge is 2.33. The molecule has 1 aromatic carbocycles. The molecular weight excluding hydrogens is 400 g/mol. The zero-order chi connectivity index (χ0) is 22.1. The number of rotatable bonds is 5. The summed E-state index contributed by atoms with van der Waals surface area (Å²) in [6, 6.07) is 4.71. The third-order valence-electron chi connectivity index (χ3n) is 3.05. The summed E-state index contributed by atoms with van der Waals surface area (Å²) >= 11 is 0. The number of hydrogen-bond donors (Lipinski definition) is 4. The third kappa shape index (κ3) is 8.08. The first-order valence-electron chi connectivity index (χ1n) is 7.70. The fourth-order valence-corrected chi connectivity index (χ4v) is 1.82. The van der Waals surface area contributed by atoms with E-state index in [0.717, 1.165) is 0 Å². The van der Waals surface area contributed by atoms with Crippen molar-refractivity contribution in [2.24, 2.45) is 0 Å². The second-order valence-corrected chi connectivity index (χ2v) is 5.24. The Morgan fingerprint density at radius 1 is 1.17 bits per heavy atom. The van der Waals surface area contributed by atoms with E-state index in [1.54, 1.807) is 19.1 Å². The number of carboxylic acid groups (broad SMARTS) is 2. The monoisotopic (exact) mass is 416 g/mol. The van der Waals surface area contributed by atoms with E-state index in [1.165, 1.54) is 6.07 Å². The maximum absolute atomic E-state index is 10.5. The molecule has 0 fully saturated rings. The minimum Gasteiger partial charge on any atom is -0.449 e. The van der Waals surface area contributed by atoms with E-state index in [2.05, 4.69) is 9.47 Å². The topological polar surface area (TPSA) is 216 Å². The number of fused-ring (bicyclic) bond motifs is 1. The van der Waals surface area contributed by atoms with Crippen molar-refractivity contribution in [2.45, 2.75) is 32.3 Å². The van der Waals surface area contributed by atoms with Gasteiger partial charge in [-0.3, -0.25) is 20.3 Å². The normalized spacial score (nSPS) is 14.6. The molecular formula is C15H16N2O12. The van der Waals surface area contributed by atoms with Crippen molar-refractivity contribution in [3.63, 3.8) is 0 Å². The molecule has 2 unspecified atom stereocenters. The lowest BCUT2D eigenvalue weighted by atomic mass is 10.1. The van der Waals surface area contributed by atoms with Gasteiger partial charge in [-0.1, -0.05) is 6.07 Å². The average molecular weight is 416 g/mol. The van der Waals surface area contributed by atoms with Crippen LogP contribution in [0.3, 0.4) is 0 Å². The van der Waals surface area contributed by atoms with Crippen LogP contribution in [-0.4, -0.2) is 50.8 Å². The molecule has 0 bridgehead atoms. The van der Waals surface area contributed by atoms with Crippen molar-refractivity contribution in [1.29, 1.82) is 5.41 Å². The largest absolute Gasteiger partial charge is 0.517 e. The molecule has 1 aliphatic heterocycles. The van der Waals surface area contributed by atoms with E-state index in [9.17, 15) is 29.6 Å². The lowest BCUT2D eigenvalue weighted by molar-refractivity contribution is -0.600. The maximum atomic E-state index is 10.5. The third-order valence-corrected chi connectivity index (χ3v) is 3.05. The molecule has 4 N–H and O–H groups in total. The highest BCUT2D eigenvalue weighted by atomic mass is 16.8. The number of carbonyl (C=O) groups is 3. The Hall–Kier alpha value is -3.94. The molecule has 0 amide bonds. The fourth-order valence-electron chi connectivity index (χ4n) is 1.82. The number of aliphatic hydroxyl groups excluding tert-OH is 1. The number of hydrogen-bond acceptors (Lipinski definition) is 11. The van der Waals surface area contributed by atoms with E-state index in [1.807, 2.05) is 0 Å². The van der Waals surface area contributed by atoms with Crippen LogP contribution in [0.25, 0.3) is 0 Å². The summed E-state index contributed by atoms with van der Waals surface area (Å²) in [6.45, 7) is 1.60. The van der Waals surface area contributed by atoms with Gasteiger partial charge < -0.3 is 34.3 Å². The molecule has 1 aliphatic rings. The van der Waals surface area contributed by atoms with Crippen molar-refractivity contribution < 1.29 is 53.6 Å². The standard InChI is InChI=1S/C9H9NO5.C6H7NO7/c1-5(11)6-2-3-7-8(4-6)15-9(14-7)10(12)13;7-3(13-5(9)10)1-2-4(8)14-6(11)12/h2-5,9,11H,1H3;7H,1-2H2,(H,9,10)(H,11,12). The van der Waals surface area contributed by atoms with E-state index in [4.69, 9.17) is 25.1 Å². The van der Waals surface area contributed by atoms with E-state index < -0.39 is 48.0 Å². The van der Waals surface area contributed by atoms with Crippen molar-refractivity contribution in [2.75, 3.05) is 0 Å². The summed E-state index contributed by atoms with van der Waals surface area (Å²) in [5.41, 5.74) is 0.626. The molecule has 1 heterocycles. The number of esters is 1. The predicted octanol–water partition coefficient (Wildman–Crippen LogP) is 1.73. The van der Waals surface area contributed by atoms with Crippen molar-refractivity contribution >= 4 is 24.2 Å². The van der Waals surface area contributed by atoms with Crippen LogP contribution in [0, 0.1) is 15.5 Å². The van der Waals surface area contributed by atoms with Crippen LogP contribution in [0.15, 0.2) is 18.2 Å². The van der Waals surface area contributed by atoms with E-state index in [0.29, 0.717) is 11.3 Å². The number of benzene rings is 1. The van der Waals surface area contributed by atoms with Gasteiger partial charge in [0.15, 0.2) is 17.4 Å². The molecule has 0 spiro atoms. The molecule has 14 heteroatoms. The summed E-state index contributed by atoms with van der Waals surface area (Å²) in [5.74, 6) is -1.12. The van der Waals surface area contributed by atoms with E-state index >= 15 is 0 Å². The first-order chi connectivity index (χ1) is 13.5. The highest BCUT2D eigenvalue weighted by Crippen LogP contribution is 2.36. The summed E-state index contributed by atoms with van der Waals surface area (Å²) in [5, 5.41) is 42.5. The van der Waals surface area contributed by atoms with Gasteiger partial charge in [0.05, 0.1) is 12.5 Å². The van der Waals surface area contributed by atoms with Crippen LogP contribution < -0.4 is 9.47 Å². The Labute approximate surface area is 161 Å². The van der Waals surface area contributed by atoms with Gasteiger partial charge in [0.25, 0.3) is 0 Å². The van der Waals surface area contributed by atoms with Gasteiger partial charge in [-0.05, 0) is 24.6 Å². The van der Waals surface area contributed by atoms with Crippen molar-refractivity contribution in [3.8, 4) is 11.5 Å². The smallest absolute Gasteiger partial charge is 0.449 e. The second-order valence-electron chi connectivity index (χ2n) is 5.24. The van der Waals surface area contributed by atoms with Crippen LogP contribution in [-0.2, 0) is 14.3 Å². The molecule has 2 rings (SSSR count). The van der Waals surface area contributed by atoms with Gasteiger partial charge in [0.1, 0.15) is 4.92 Å². The fraction of sp³-hybridized carbons (Fsp3) is 0.333. The Morgan fingerprint density at radius 2 is 1.76 bits per heavy atom. The molecule has 0 aliphatic carbocycles. The number of nitrogens with one attached hydrogen (secondary N) is 1. The summed E-state index contributed by atoms with van der Waals surface area (Å²) in [4.78, 5) is 39.9. The molecule has 0 saturated heterocycles. The molecule has 1 aromatic rings. The number of aliphatic hydroxyl groups is 1. The van der Waals surface area contributed by atoms with Crippen LogP contribution in [0.4, 0.5) is 9.59 Å². The first kappa shape index (κ1) is 23.1. The number of carbonyl (C=O) groups excluding carboxylic acids is 1. The van der Waals surface area contributed by atoms with Crippen LogP contribution in [0.2, 0.25) is 0 Å². The lowest BCUT2D eigenvalue weighted by Crippen LogP contribution is -2.27. The predicted molar refractivity (Wildman–Crippen MR) is 89.3 cm³/mol. The zero-order valence-electron chi connectivity index (χ0n) is 14.8. The average Bonchev–Trinajstić information content (AvgIpc) is 3.03. The summed E-state index contributed by atoms with van der Waals surface area (Å²) in [6.07, 6.45) is -6.31. The highest BCUT2D eigenvalue weighted by molar-refractivity contribution is 5.87. The van der Waals surface area contributed by atoms with Crippen molar-refractivity contribution in [3.05, 3.63) is 33.9 Å². The molecule has 29 heavy (non-hydrogen) atoms.